The third-order valence-corrected chi connectivity index (χ3v) is 7.17. The Hall–Kier alpha value is -2.07. The first-order valence-electron chi connectivity index (χ1n) is 8.84. The van der Waals surface area contributed by atoms with Crippen LogP contribution >= 0.6 is 0 Å². The summed E-state index contributed by atoms with van der Waals surface area (Å²) in [6.45, 7) is 4.24. The van der Waals surface area contributed by atoms with E-state index in [9.17, 15) is 9.90 Å². The summed E-state index contributed by atoms with van der Waals surface area (Å²) in [6.07, 6.45) is 5.34. The van der Waals surface area contributed by atoms with Crippen molar-refractivity contribution in [2.45, 2.75) is 31.2 Å². The van der Waals surface area contributed by atoms with Crippen molar-refractivity contribution in [2.24, 2.45) is 5.92 Å². The quantitative estimate of drug-likeness (QED) is 0.362. The summed E-state index contributed by atoms with van der Waals surface area (Å²) in [6, 6.07) is 6.27. The third-order valence-electron chi connectivity index (χ3n) is 7.17. The SMILES string of the molecule is C/C=C1/C[N@@+]2(C)CC[C@]34C(=C(C=O)[C@H]1C[C@@H]32)Nc1c(O)cccc14. The number of aromatic hydroxyl groups is 1. The lowest BCUT2D eigenvalue weighted by Gasteiger charge is -2.51. The van der Waals surface area contributed by atoms with Crippen molar-refractivity contribution >= 4 is 12.0 Å². The molecule has 24 heavy (non-hydrogen) atoms. The van der Waals surface area contributed by atoms with Crippen molar-refractivity contribution in [2.75, 3.05) is 25.5 Å². The molecule has 5 rings (SSSR count). The zero-order chi connectivity index (χ0) is 16.7. The van der Waals surface area contributed by atoms with Crippen LogP contribution in [0.4, 0.5) is 5.69 Å². The van der Waals surface area contributed by atoms with Gasteiger partial charge in [-0.15, -0.1) is 0 Å². The molecule has 0 amide bonds. The van der Waals surface area contributed by atoms with E-state index in [1.54, 1.807) is 6.07 Å². The van der Waals surface area contributed by atoms with Gasteiger partial charge in [-0.25, -0.2) is 0 Å². The fourth-order valence-corrected chi connectivity index (χ4v) is 6.12. The Morgan fingerprint density at radius 3 is 3.00 bits per heavy atom. The Morgan fingerprint density at radius 2 is 2.25 bits per heavy atom. The molecule has 4 aliphatic rings. The molecule has 0 radical (unpaired) electrons. The van der Waals surface area contributed by atoms with Gasteiger partial charge in [-0.1, -0.05) is 18.2 Å². The van der Waals surface area contributed by atoms with Gasteiger partial charge < -0.3 is 14.9 Å². The normalized spacial score (nSPS) is 40.3. The second-order valence-corrected chi connectivity index (χ2v) is 8.02. The van der Waals surface area contributed by atoms with Gasteiger partial charge in [0.2, 0.25) is 0 Å². The number of quaternary nitrogens is 1. The molecule has 3 aliphatic heterocycles. The molecule has 0 saturated carbocycles. The number of fused-ring (bicyclic) bond motifs is 2. The molecular formula is C20H23N2O2+. The van der Waals surface area contributed by atoms with Crippen LogP contribution in [-0.4, -0.2) is 42.1 Å². The van der Waals surface area contributed by atoms with Crippen molar-refractivity contribution in [3.63, 3.8) is 0 Å². The summed E-state index contributed by atoms with van der Waals surface area (Å²) >= 11 is 0. The molecule has 1 aromatic carbocycles. The van der Waals surface area contributed by atoms with E-state index < -0.39 is 0 Å². The van der Waals surface area contributed by atoms with Gasteiger partial charge in [0, 0.05) is 30.0 Å². The van der Waals surface area contributed by atoms with E-state index in [0.717, 1.165) is 53.7 Å². The maximum absolute atomic E-state index is 12.1. The number of anilines is 1. The Balaban J connectivity index is 1.86. The molecule has 2 fully saturated rings. The van der Waals surface area contributed by atoms with Gasteiger partial charge in [-0.05, 0) is 24.1 Å². The number of hydrogen-bond donors (Lipinski definition) is 2. The number of rotatable bonds is 1. The number of carbonyl (C=O) groups excluding carboxylic acids is 1. The Morgan fingerprint density at radius 1 is 1.42 bits per heavy atom. The van der Waals surface area contributed by atoms with Gasteiger partial charge >= 0.3 is 0 Å². The largest absolute Gasteiger partial charge is 0.506 e. The lowest BCUT2D eigenvalue weighted by molar-refractivity contribution is -0.923. The molecular weight excluding hydrogens is 300 g/mol. The van der Waals surface area contributed by atoms with E-state index in [1.165, 1.54) is 11.1 Å². The first-order valence-corrected chi connectivity index (χ1v) is 8.84. The zero-order valence-corrected chi connectivity index (χ0v) is 14.2. The molecule has 4 nitrogen and oxygen atoms in total. The van der Waals surface area contributed by atoms with Crippen LogP contribution in [0.25, 0.3) is 0 Å². The number of nitrogens with zero attached hydrogens (tertiary/aromatic N) is 1. The number of allylic oxidation sites excluding steroid dienone is 2. The van der Waals surface area contributed by atoms with Crippen LogP contribution in [0.1, 0.15) is 25.3 Å². The molecule has 1 aromatic rings. The van der Waals surface area contributed by atoms with Crippen LogP contribution in [-0.2, 0) is 10.2 Å². The van der Waals surface area contributed by atoms with Crippen molar-refractivity contribution in [3.8, 4) is 5.75 Å². The number of para-hydroxylation sites is 1. The summed E-state index contributed by atoms with van der Waals surface area (Å²) < 4.78 is 1.04. The van der Waals surface area contributed by atoms with E-state index in [0.29, 0.717) is 6.04 Å². The smallest absolute Gasteiger partial charge is 0.148 e. The first kappa shape index (κ1) is 14.3. The van der Waals surface area contributed by atoms with Crippen LogP contribution in [0.2, 0.25) is 0 Å². The van der Waals surface area contributed by atoms with Gasteiger partial charge in [-0.2, -0.15) is 0 Å². The lowest BCUT2D eigenvalue weighted by Crippen LogP contribution is -2.61. The van der Waals surface area contributed by atoms with Crippen molar-refractivity contribution in [1.82, 2.24) is 0 Å². The number of aldehydes is 1. The third kappa shape index (κ3) is 1.38. The van der Waals surface area contributed by atoms with Crippen LogP contribution in [0.15, 0.2) is 41.1 Å². The average molecular weight is 323 g/mol. The number of hydrogen-bond acceptors (Lipinski definition) is 3. The summed E-state index contributed by atoms with van der Waals surface area (Å²) in [7, 11) is 2.36. The van der Waals surface area contributed by atoms with Gasteiger partial charge in [0.05, 0.1) is 24.7 Å². The van der Waals surface area contributed by atoms with Crippen molar-refractivity contribution < 1.29 is 14.4 Å². The van der Waals surface area contributed by atoms with Crippen LogP contribution in [0.5, 0.6) is 5.75 Å². The highest BCUT2D eigenvalue weighted by atomic mass is 16.3. The van der Waals surface area contributed by atoms with Gasteiger partial charge in [-0.3, -0.25) is 4.79 Å². The first-order chi connectivity index (χ1) is 11.5. The highest BCUT2D eigenvalue weighted by Gasteiger charge is 2.67. The Bertz CT molecular complexity index is 840. The molecule has 2 saturated heterocycles. The predicted molar refractivity (Wildman–Crippen MR) is 92.7 cm³/mol. The minimum absolute atomic E-state index is 0.130. The van der Waals surface area contributed by atoms with E-state index >= 15 is 0 Å². The molecule has 124 valence electrons. The maximum atomic E-state index is 12.1. The fraction of sp³-hybridized carbons (Fsp3) is 0.450. The van der Waals surface area contributed by atoms with E-state index in [1.807, 2.05) is 6.07 Å². The van der Waals surface area contributed by atoms with Gasteiger partial charge in [0.1, 0.15) is 24.6 Å². The van der Waals surface area contributed by atoms with Gasteiger partial charge in [0.15, 0.2) is 0 Å². The number of likely N-dealkylation sites (N-methyl/N-ethyl adjacent to an activating group) is 1. The summed E-state index contributed by atoms with van der Waals surface area (Å²) in [5.74, 6) is 0.518. The van der Waals surface area contributed by atoms with Crippen LogP contribution in [0, 0.1) is 5.92 Å². The number of benzene rings is 1. The summed E-state index contributed by atoms with van der Waals surface area (Å²) in [5, 5.41) is 13.8. The minimum atomic E-state index is -0.130. The number of piperidine rings is 1. The molecule has 0 aromatic heterocycles. The predicted octanol–water partition coefficient (Wildman–Crippen LogP) is 2.71. The summed E-state index contributed by atoms with van der Waals surface area (Å²) in [5.41, 5.74) is 5.23. The minimum Gasteiger partial charge on any atom is -0.506 e. The molecule has 1 aliphatic carbocycles. The maximum Gasteiger partial charge on any atom is 0.148 e. The van der Waals surface area contributed by atoms with Crippen molar-refractivity contribution in [3.05, 3.63) is 46.7 Å². The molecule has 2 bridgehead atoms. The fourth-order valence-electron chi connectivity index (χ4n) is 6.12. The zero-order valence-electron chi connectivity index (χ0n) is 14.2. The van der Waals surface area contributed by atoms with E-state index in [2.05, 4.69) is 31.4 Å². The lowest BCUT2D eigenvalue weighted by atomic mass is 9.61. The second kappa shape index (κ2) is 4.31. The number of phenolic OH excluding ortho intramolecular Hbond substituents is 1. The van der Waals surface area contributed by atoms with E-state index in [4.69, 9.17) is 0 Å². The highest BCUT2D eigenvalue weighted by Crippen LogP contribution is 2.63. The Kier molecular flexibility index (Phi) is 2.56. The molecule has 1 spiro atoms. The van der Waals surface area contributed by atoms with E-state index in [-0.39, 0.29) is 17.1 Å². The summed E-state index contributed by atoms with van der Waals surface area (Å²) in [4.78, 5) is 12.1. The monoisotopic (exact) mass is 323 g/mol. The standard InChI is InChI=1S/C20H22N2O2/c1-3-12-10-22(2)8-7-20-15-5-4-6-16(24)18(15)21-19(20)14(11-23)13(12)9-17(20)22/h3-6,11,13,17H,7-10H2,1-2H3,(H-,21,23,24)/p+1/b12-3-/t13-,17-,20+,22+/m0/s1. The highest BCUT2D eigenvalue weighted by molar-refractivity contribution is 5.85. The molecule has 0 unspecified atom stereocenters. The average Bonchev–Trinajstić information content (AvgIpc) is 3.09. The number of nitrogens with one attached hydrogen (secondary N) is 1. The van der Waals surface area contributed by atoms with Crippen LogP contribution < -0.4 is 5.32 Å². The molecule has 4 atom stereocenters. The molecule has 2 N–H and O–H groups in total. The molecule has 4 heteroatoms. The number of phenols is 1. The second-order valence-electron chi connectivity index (χ2n) is 8.02. The van der Waals surface area contributed by atoms with Crippen molar-refractivity contribution in [1.29, 1.82) is 0 Å². The van der Waals surface area contributed by atoms with Gasteiger partial charge in [0.25, 0.3) is 0 Å². The van der Waals surface area contributed by atoms with Crippen LogP contribution in [0.3, 0.4) is 0 Å². The topological polar surface area (TPSA) is 49.3 Å². The number of carbonyl (C=O) groups is 1. The Labute approximate surface area is 142 Å². The molecule has 3 heterocycles.